The average Bonchev–Trinajstić information content (AvgIpc) is 2.96. The lowest BCUT2D eigenvalue weighted by Crippen LogP contribution is -2.58. The number of nitrogens with one attached hydrogen (secondary N) is 2. The van der Waals surface area contributed by atoms with Crippen molar-refractivity contribution in [3.8, 4) is 17.2 Å². The number of aromatic nitrogens is 1. The Morgan fingerprint density at radius 1 is 1.10 bits per heavy atom. The predicted octanol–water partition coefficient (Wildman–Crippen LogP) is 2.50. The summed E-state index contributed by atoms with van der Waals surface area (Å²) in [5.41, 5.74) is 2.48. The minimum atomic E-state index is -0.493. The van der Waals surface area contributed by atoms with E-state index in [2.05, 4.69) is 15.6 Å². The van der Waals surface area contributed by atoms with E-state index in [1.54, 1.807) is 66.9 Å². The molecule has 202 valence electrons. The van der Waals surface area contributed by atoms with Gasteiger partial charge in [0.25, 0.3) is 17.7 Å². The van der Waals surface area contributed by atoms with Gasteiger partial charge in [-0.1, -0.05) is 6.07 Å². The number of carbonyl (C=O) groups excluding carboxylic acids is 3. The molecule has 0 unspecified atom stereocenters. The number of hydrogen-bond acceptors (Lipinski definition) is 7. The number of rotatable bonds is 2. The lowest BCUT2D eigenvalue weighted by molar-refractivity contribution is -0.123. The van der Waals surface area contributed by atoms with E-state index < -0.39 is 12.1 Å². The van der Waals surface area contributed by atoms with E-state index in [9.17, 15) is 14.4 Å². The van der Waals surface area contributed by atoms with Gasteiger partial charge in [0.2, 0.25) is 0 Å². The number of piperidine rings is 1. The van der Waals surface area contributed by atoms with Crippen molar-refractivity contribution in [1.29, 1.82) is 0 Å². The first-order valence-electron chi connectivity index (χ1n) is 12.7. The van der Waals surface area contributed by atoms with Crippen LogP contribution in [0.25, 0.3) is 0 Å². The second-order valence-electron chi connectivity index (χ2n) is 9.53. The molecule has 4 bridgehead atoms. The van der Waals surface area contributed by atoms with Crippen LogP contribution in [0.4, 0.5) is 0 Å². The van der Waals surface area contributed by atoms with Crippen LogP contribution in [-0.2, 0) is 11.3 Å². The van der Waals surface area contributed by atoms with Crippen LogP contribution in [0.2, 0.25) is 0 Å². The highest BCUT2D eigenvalue weighted by Gasteiger charge is 2.35. The highest BCUT2D eigenvalue weighted by molar-refractivity contribution is 5.96. The molecule has 2 atom stereocenters. The normalized spacial score (nSPS) is 19.5. The van der Waals surface area contributed by atoms with Gasteiger partial charge < -0.3 is 29.7 Å². The first-order valence-corrected chi connectivity index (χ1v) is 12.7. The maximum Gasteiger partial charge on any atom is 0.258 e. The fourth-order valence-corrected chi connectivity index (χ4v) is 4.73. The Hall–Kier alpha value is -4.60. The molecule has 2 aromatic carbocycles. The predicted molar refractivity (Wildman–Crippen MR) is 142 cm³/mol. The van der Waals surface area contributed by atoms with E-state index in [1.807, 2.05) is 13.0 Å². The Morgan fingerprint density at radius 3 is 2.72 bits per heavy atom. The van der Waals surface area contributed by atoms with Crippen LogP contribution >= 0.6 is 0 Å². The molecule has 0 spiro atoms. The molecule has 0 aliphatic carbocycles. The molecule has 1 saturated heterocycles. The summed E-state index contributed by atoms with van der Waals surface area (Å²) in [7, 11) is 1.55. The van der Waals surface area contributed by atoms with Gasteiger partial charge in [0.15, 0.2) is 6.61 Å². The van der Waals surface area contributed by atoms with Gasteiger partial charge in [-0.3, -0.25) is 19.4 Å². The largest absolute Gasteiger partial charge is 0.496 e. The minimum Gasteiger partial charge on any atom is -0.496 e. The van der Waals surface area contributed by atoms with Crippen LogP contribution in [0.5, 0.6) is 17.2 Å². The maximum atomic E-state index is 13.4. The van der Waals surface area contributed by atoms with E-state index in [0.29, 0.717) is 41.3 Å². The minimum absolute atomic E-state index is 0.136. The van der Waals surface area contributed by atoms with Gasteiger partial charge in [-0.15, -0.1) is 0 Å². The fourth-order valence-electron chi connectivity index (χ4n) is 4.73. The summed E-state index contributed by atoms with van der Waals surface area (Å²) in [5, 5.41) is 5.90. The van der Waals surface area contributed by atoms with Crippen LogP contribution in [-0.4, -0.2) is 66.6 Å². The zero-order chi connectivity index (χ0) is 27.4. The Balaban J connectivity index is 1.47. The van der Waals surface area contributed by atoms with E-state index in [4.69, 9.17) is 14.2 Å². The van der Waals surface area contributed by atoms with Crippen molar-refractivity contribution >= 4 is 17.7 Å². The molecule has 10 nitrogen and oxygen atoms in total. The number of ether oxygens (including phenoxy) is 3. The van der Waals surface area contributed by atoms with Crippen molar-refractivity contribution in [2.45, 2.75) is 32.0 Å². The molecule has 3 aliphatic heterocycles. The third kappa shape index (κ3) is 5.95. The van der Waals surface area contributed by atoms with Crippen molar-refractivity contribution in [3.63, 3.8) is 0 Å². The average molecular weight is 531 g/mol. The van der Waals surface area contributed by atoms with Gasteiger partial charge in [-0.05, 0) is 48.9 Å². The highest BCUT2D eigenvalue weighted by atomic mass is 16.5. The molecular formula is C29H30N4O6. The van der Waals surface area contributed by atoms with Gasteiger partial charge in [0, 0.05) is 61.2 Å². The van der Waals surface area contributed by atoms with Crippen molar-refractivity contribution < 1.29 is 28.6 Å². The molecule has 10 heteroatoms. The second-order valence-corrected chi connectivity index (χ2v) is 9.53. The zero-order valence-corrected chi connectivity index (χ0v) is 21.8. The lowest BCUT2D eigenvalue weighted by atomic mass is 10.00. The number of amides is 3. The monoisotopic (exact) mass is 530 g/mol. The number of benzene rings is 2. The number of carbonyl (C=O) groups is 3. The Bertz CT molecular complexity index is 1380. The summed E-state index contributed by atoms with van der Waals surface area (Å²) in [6.45, 7) is 2.62. The molecule has 4 heterocycles. The Morgan fingerprint density at radius 2 is 1.92 bits per heavy atom. The van der Waals surface area contributed by atoms with Gasteiger partial charge in [-0.25, -0.2) is 0 Å². The number of pyridine rings is 1. The van der Waals surface area contributed by atoms with Crippen molar-refractivity contribution in [2.24, 2.45) is 0 Å². The quantitative estimate of drug-likeness (QED) is 0.523. The molecule has 1 fully saturated rings. The Kier molecular flexibility index (Phi) is 7.62. The molecule has 39 heavy (non-hydrogen) atoms. The summed E-state index contributed by atoms with van der Waals surface area (Å²) in [6.07, 6.45) is 3.26. The third-order valence-corrected chi connectivity index (χ3v) is 6.91. The highest BCUT2D eigenvalue weighted by Crippen LogP contribution is 2.28. The first-order chi connectivity index (χ1) is 18.9. The van der Waals surface area contributed by atoms with Crippen LogP contribution in [0, 0.1) is 6.92 Å². The maximum absolute atomic E-state index is 13.4. The number of fused-ring (bicyclic) bond motifs is 7. The fraction of sp³-hybridized carbons (Fsp3) is 0.310. The SMILES string of the molecule is COc1cc2ccc1CNC(=O)COc1cc(ccc1C)C(=O)N[C@H]1CN(C(=O)c3ccncc3)CC[C@H]1O2. The van der Waals surface area contributed by atoms with E-state index in [-0.39, 0.29) is 37.4 Å². The summed E-state index contributed by atoms with van der Waals surface area (Å²) < 4.78 is 17.7. The van der Waals surface area contributed by atoms with Crippen LogP contribution in [0.15, 0.2) is 60.9 Å². The van der Waals surface area contributed by atoms with E-state index >= 15 is 0 Å². The standard InChI is InChI=1S/C29H30N4O6/c1-18-3-4-20-13-25(18)38-17-27(34)31-15-21-5-6-22(14-26(21)37-2)39-24-9-12-33(16-23(24)32-28(20)35)29(36)19-7-10-30-11-8-19/h3-8,10-11,13-14,23-24H,9,12,15-17H2,1-2H3,(H,31,34)(H,32,35)/t23-,24+/m0/s1. The summed E-state index contributed by atoms with van der Waals surface area (Å²) >= 11 is 0. The lowest BCUT2D eigenvalue weighted by Gasteiger charge is -2.39. The molecule has 6 rings (SSSR count). The number of nitrogens with zero attached hydrogens (tertiary/aromatic N) is 2. The molecule has 3 amide bonds. The summed E-state index contributed by atoms with van der Waals surface area (Å²) in [6, 6.07) is 13.3. The number of methoxy groups -OCH3 is 1. The van der Waals surface area contributed by atoms with Crippen LogP contribution < -0.4 is 24.8 Å². The second kappa shape index (κ2) is 11.4. The van der Waals surface area contributed by atoms with Crippen LogP contribution in [0.3, 0.4) is 0 Å². The summed E-state index contributed by atoms with van der Waals surface area (Å²) in [4.78, 5) is 44.7. The van der Waals surface area contributed by atoms with Gasteiger partial charge in [0.05, 0.1) is 13.2 Å². The topological polar surface area (TPSA) is 119 Å². The number of hydrogen-bond donors (Lipinski definition) is 2. The van der Waals surface area contributed by atoms with Crippen LogP contribution in [0.1, 0.15) is 38.3 Å². The molecule has 3 aromatic rings. The molecule has 0 radical (unpaired) electrons. The molecule has 0 saturated carbocycles. The third-order valence-electron chi connectivity index (χ3n) is 6.91. The molecular weight excluding hydrogens is 500 g/mol. The smallest absolute Gasteiger partial charge is 0.258 e. The molecule has 2 N–H and O–H groups in total. The van der Waals surface area contributed by atoms with Gasteiger partial charge >= 0.3 is 0 Å². The van der Waals surface area contributed by atoms with Gasteiger partial charge in [0.1, 0.15) is 23.4 Å². The molecule has 1 aromatic heterocycles. The first kappa shape index (κ1) is 26.0. The van der Waals surface area contributed by atoms with Crippen molar-refractivity contribution in [1.82, 2.24) is 20.5 Å². The summed E-state index contributed by atoms with van der Waals surface area (Å²) in [5.74, 6) is 0.785. The van der Waals surface area contributed by atoms with Crippen molar-refractivity contribution in [3.05, 3.63) is 83.2 Å². The number of likely N-dealkylation sites (tertiary alicyclic amines) is 1. The molecule has 3 aliphatic rings. The zero-order valence-electron chi connectivity index (χ0n) is 21.8. The number of aryl methyl sites for hydroxylation is 1. The van der Waals surface area contributed by atoms with Gasteiger partial charge in [-0.2, -0.15) is 0 Å². The van der Waals surface area contributed by atoms with E-state index in [0.717, 1.165) is 11.1 Å². The van der Waals surface area contributed by atoms with Crippen molar-refractivity contribution in [2.75, 3.05) is 26.8 Å². The van der Waals surface area contributed by atoms with E-state index in [1.165, 1.54) is 0 Å². The Labute approximate surface area is 226 Å².